The van der Waals surface area contributed by atoms with Crippen LogP contribution in [0.3, 0.4) is 0 Å². The number of sulfonamides is 1. The molecule has 20 heavy (non-hydrogen) atoms. The Hall–Kier alpha value is -1.15. The van der Waals surface area contributed by atoms with Crippen molar-refractivity contribution in [3.05, 3.63) is 0 Å². The molecule has 1 amide bonds. The maximum Gasteiger partial charge on any atom is 0.308 e. The van der Waals surface area contributed by atoms with Gasteiger partial charge in [-0.3, -0.25) is 9.59 Å². The van der Waals surface area contributed by atoms with Crippen LogP contribution in [0.15, 0.2) is 0 Å². The third-order valence-corrected chi connectivity index (χ3v) is 4.15. The molecular weight excluding hydrogens is 284 g/mol. The summed E-state index contributed by atoms with van der Waals surface area (Å²) in [6, 6.07) is 0. The minimum Gasteiger partial charge on any atom is -0.481 e. The molecule has 116 valence electrons. The van der Waals surface area contributed by atoms with Crippen LogP contribution in [0.4, 0.5) is 0 Å². The lowest BCUT2D eigenvalue weighted by Gasteiger charge is -2.38. The molecule has 0 bridgehead atoms. The van der Waals surface area contributed by atoms with Crippen LogP contribution in [0.2, 0.25) is 0 Å². The van der Waals surface area contributed by atoms with Crippen LogP contribution in [0.25, 0.3) is 0 Å². The summed E-state index contributed by atoms with van der Waals surface area (Å²) in [4.78, 5) is 25.0. The first kappa shape index (κ1) is 16.9. The number of nitrogens with one attached hydrogen (secondary N) is 1. The second-order valence-electron chi connectivity index (χ2n) is 6.09. The molecule has 2 atom stereocenters. The number of nitrogens with zero attached hydrogens (tertiary/aromatic N) is 1. The van der Waals surface area contributed by atoms with E-state index in [1.807, 2.05) is 6.92 Å². The maximum absolute atomic E-state index is 12.4. The van der Waals surface area contributed by atoms with Gasteiger partial charge in [0.15, 0.2) is 0 Å². The fourth-order valence-corrected chi connectivity index (χ4v) is 3.61. The lowest BCUT2D eigenvalue weighted by molar-refractivity contribution is -0.148. The zero-order chi connectivity index (χ0) is 15.7. The Labute approximate surface area is 119 Å². The van der Waals surface area contributed by atoms with E-state index in [9.17, 15) is 18.0 Å². The quantitative estimate of drug-likeness (QED) is 0.754. The molecule has 0 saturated carbocycles. The zero-order valence-electron chi connectivity index (χ0n) is 12.2. The van der Waals surface area contributed by atoms with Gasteiger partial charge in [0.2, 0.25) is 15.9 Å². The molecule has 0 spiro atoms. The van der Waals surface area contributed by atoms with Crippen molar-refractivity contribution >= 4 is 21.9 Å². The van der Waals surface area contributed by atoms with Gasteiger partial charge in [-0.25, -0.2) is 13.1 Å². The number of carboxylic acid groups (broad SMARTS) is 1. The van der Waals surface area contributed by atoms with Crippen molar-refractivity contribution < 1.29 is 23.1 Å². The molecule has 1 aliphatic heterocycles. The van der Waals surface area contributed by atoms with Crippen LogP contribution < -0.4 is 4.72 Å². The van der Waals surface area contributed by atoms with E-state index < -0.39 is 33.4 Å². The highest BCUT2D eigenvalue weighted by Gasteiger charge is 2.39. The van der Waals surface area contributed by atoms with Crippen LogP contribution in [-0.2, 0) is 19.6 Å². The van der Waals surface area contributed by atoms with Gasteiger partial charge >= 0.3 is 5.97 Å². The van der Waals surface area contributed by atoms with E-state index in [1.165, 1.54) is 18.7 Å². The van der Waals surface area contributed by atoms with E-state index in [0.717, 1.165) is 6.26 Å². The van der Waals surface area contributed by atoms with Gasteiger partial charge in [-0.15, -0.1) is 0 Å². The number of carbonyl (C=O) groups excluding carboxylic acids is 1. The lowest BCUT2D eigenvalue weighted by Crippen LogP contribution is -2.58. The van der Waals surface area contributed by atoms with Crippen molar-refractivity contribution in [3.63, 3.8) is 0 Å². The Morgan fingerprint density at radius 3 is 2.30 bits per heavy atom. The molecule has 2 unspecified atom stereocenters. The normalized spacial score (nSPS) is 24.5. The van der Waals surface area contributed by atoms with E-state index in [2.05, 4.69) is 4.72 Å². The molecule has 1 aliphatic rings. The molecule has 0 aromatic rings. The smallest absolute Gasteiger partial charge is 0.308 e. The summed E-state index contributed by atoms with van der Waals surface area (Å²) < 4.78 is 24.9. The highest BCUT2D eigenvalue weighted by atomic mass is 32.2. The highest BCUT2D eigenvalue weighted by Crippen LogP contribution is 2.24. The van der Waals surface area contributed by atoms with Crippen LogP contribution in [0.5, 0.6) is 0 Å². The van der Waals surface area contributed by atoms with Crippen LogP contribution in [-0.4, -0.2) is 55.2 Å². The summed E-state index contributed by atoms with van der Waals surface area (Å²) in [7, 11) is -3.52. The van der Waals surface area contributed by atoms with Crippen molar-refractivity contribution in [1.82, 2.24) is 9.62 Å². The van der Waals surface area contributed by atoms with Crippen molar-refractivity contribution in [2.24, 2.45) is 11.8 Å². The molecule has 0 aromatic heterocycles. The van der Waals surface area contributed by atoms with Gasteiger partial charge < -0.3 is 10.0 Å². The summed E-state index contributed by atoms with van der Waals surface area (Å²) in [6.07, 6.45) is 1.51. The van der Waals surface area contributed by atoms with Crippen LogP contribution >= 0.6 is 0 Å². The Bertz CT molecular complexity index is 500. The number of amides is 1. The molecule has 1 rings (SSSR count). The van der Waals surface area contributed by atoms with Gasteiger partial charge in [0.1, 0.15) is 5.54 Å². The molecule has 0 aliphatic carbocycles. The third-order valence-electron chi connectivity index (χ3n) is 3.27. The predicted octanol–water partition coefficient (Wildman–Crippen LogP) is -0.117. The Morgan fingerprint density at radius 1 is 1.30 bits per heavy atom. The Balaban J connectivity index is 2.87. The largest absolute Gasteiger partial charge is 0.481 e. The van der Waals surface area contributed by atoms with E-state index in [4.69, 9.17) is 5.11 Å². The first-order valence-electron chi connectivity index (χ1n) is 6.43. The molecule has 0 radical (unpaired) electrons. The zero-order valence-corrected chi connectivity index (χ0v) is 13.0. The van der Waals surface area contributed by atoms with Gasteiger partial charge in [-0.05, 0) is 26.2 Å². The van der Waals surface area contributed by atoms with E-state index in [-0.39, 0.29) is 12.5 Å². The van der Waals surface area contributed by atoms with Crippen molar-refractivity contribution in [3.8, 4) is 0 Å². The summed E-state index contributed by atoms with van der Waals surface area (Å²) in [5, 5.41) is 9.10. The van der Waals surface area contributed by atoms with E-state index in [0.29, 0.717) is 13.0 Å². The first-order chi connectivity index (χ1) is 8.92. The number of carbonyl (C=O) groups is 2. The fourth-order valence-electron chi connectivity index (χ4n) is 2.60. The number of hydrogen-bond acceptors (Lipinski definition) is 4. The molecule has 7 nitrogen and oxygen atoms in total. The van der Waals surface area contributed by atoms with Crippen molar-refractivity contribution in [2.45, 2.75) is 32.7 Å². The predicted molar refractivity (Wildman–Crippen MR) is 73.5 cm³/mol. The monoisotopic (exact) mass is 306 g/mol. The number of likely N-dealkylation sites (tertiary alicyclic amines) is 1. The minimum atomic E-state index is -3.52. The second-order valence-corrected chi connectivity index (χ2v) is 7.83. The second kappa shape index (κ2) is 5.69. The number of piperidine rings is 1. The SMILES string of the molecule is CC1CC(C(=O)O)CN(C(=O)C(C)(C)NS(C)(=O)=O)C1. The van der Waals surface area contributed by atoms with Gasteiger partial charge in [0.05, 0.1) is 12.2 Å². The van der Waals surface area contributed by atoms with Crippen molar-refractivity contribution in [1.29, 1.82) is 0 Å². The molecule has 8 heteroatoms. The molecular formula is C12H22N2O5S. The number of hydrogen-bond donors (Lipinski definition) is 2. The average Bonchev–Trinajstić information content (AvgIpc) is 2.23. The van der Waals surface area contributed by atoms with Gasteiger partial charge in [0.25, 0.3) is 0 Å². The maximum atomic E-state index is 12.4. The number of rotatable bonds is 4. The van der Waals surface area contributed by atoms with E-state index >= 15 is 0 Å². The van der Waals surface area contributed by atoms with Crippen LogP contribution in [0, 0.1) is 11.8 Å². The molecule has 1 heterocycles. The van der Waals surface area contributed by atoms with Crippen molar-refractivity contribution in [2.75, 3.05) is 19.3 Å². The fraction of sp³-hybridized carbons (Fsp3) is 0.833. The standard InChI is InChI=1S/C12H22N2O5S/c1-8-5-9(10(15)16)7-14(6-8)11(17)12(2,3)13-20(4,18)19/h8-9,13H,5-7H2,1-4H3,(H,15,16). The van der Waals surface area contributed by atoms with Crippen LogP contribution in [0.1, 0.15) is 27.2 Å². The van der Waals surface area contributed by atoms with Gasteiger partial charge in [-0.1, -0.05) is 6.92 Å². The van der Waals surface area contributed by atoms with Gasteiger partial charge in [-0.2, -0.15) is 0 Å². The Morgan fingerprint density at radius 2 is 1.85 bits per heavy atom. The summed E-state index contributed by atoms with van der Waals surface area (Å²) in [5.74, 6) is -1.86. The molecule has 0 aromatic carbocycles. The van der Waals surface area contributed by atoms with E-state index in [1.54, 1.807) is 0 Å². The Kier molecular flexibility index (Phi) is 4.81. The molecule has 1 saturated heterocycles. The van der Waals surface area contributed by atoms with Gasteiger partial charge in [0, 0.05) is 13.1 Å². The topological polar surface area (TPSA) is 104 Å². The summed E-state index contributed by atoms with van der Waals surface area (Å²) in [6.45, 7) is 5.40. The molecule has 2 N–H and O–H groups in total. The third kappa shape index (κ3) is 4.45. The highest BCUT2D eigenvalue weighted by molar-refractivity contribution is 7.88. The average molecular weight is 306 g/mol. The summed E-state index contributed by atoms with van der Waals surface area (Å²) in [5.41, 5.74) is -1.28. The molecule has 1 fully saturated rings. The number of aliphatic carboxylic acids is 1. The lowest BCUT2D eigenvalue weighted by atomic mass is 9.89. The summed E-state index contributed by atoms with van der Waals surface area (Å²) >= 11 is 0. The first-order valence-corrected chi connectivity index (χ1v) is 8.32. The minimum absolute atomic E-state index is 0.0721. The number of carboxylic acids is 1.